The van der Waals surface area contributed by atoms with Crippen molar-refractivity contribution in [3.8, 4) is 0 Å². The van der Waals surface area contributed by atoms with E-state index in [0.29, 0.717) is 0 Å². The van der Waals surface area contributed by atoms with Crippen LogP contribution >= 0.6 is 0 Å². The van der Waals surface area contributed by atoms with Crippen molar-refractivity contribution in [3.05, 3.63) is 30.5 Å². The molecular formula is C13H16N4. The van der Waals surface area contributed by atoms with Crippen molar-refractivity contribution >= 4 is 16.9 Å². The monoisotopic (exact) mass is 228 g/mol. The molecule has 1 fully saturated rings. The Morgan fingerprint density at radius 3 is 2.65 bits per heavy atom. The lowest BCUT2D eigenvalue weighted by atomic mass is 10.2. The number of fused-ring (bicyclic) bond motifs is 1. The van der Waals surface area contributed by atoms with Gasteiger partial charge >= 0.3 is 0 Å². The molecule has 1 aromatic carbocycles. The summed E-state index contributed by atoms with van der Waals surface area (Å²) in [6.45, 7) is 4.18. The SMILES string of the molecule is CN1CCN(c2ncc3ccccc3n2)CC1. The smallest absolute Gasteiger partial charge is 0.225 e. The van der Waals surface area contributed by atoms with Crippen molar-refractivity contribution in [3.63, 3.8) is 0 Å². The molecule has 0 spiro atoms. The molecule has 1 aromatic heterocycles. The van der Waals surface area contributed by atoms with Crippen molar-refractivity contribution in [2.45, 2.75) is 0 Å². The fourth-order valence-corrected chi connectivity index (χ4v) is 2.12. The third-order valence-electron chi connectivity index (χ3n) is 3.26. The summed E-state index contributed by atoms with van der Waals surface area (Å²) in [6.07, 6.45) is 1.91. The van der Waals surface area contributed by atoms with Gasteiger partial charge in [-0.3, -0.25) is 0 Å². The zero-order valence-electron chi connectivity index (χ0n) is 10.0. The van der Waals surface area contributed by atoms with E-state index < -0.39 is 0 Å². The topological polar surface area (TPSA) is 32.3 Å². The average Bonchev–Trinajstić information content (AvgIpc) is 2.39. The van der Waals surface area contributed by atoms with Crippen LogP contribution in [0.15, 0.2) is 30.5 Å². The zero-order chi connectivity index (χ0) is 11.7. The molecule has 3 rings (SSSR count). The molecule has 17 heavy (non-hydrogen) atoms. The van der Waals surface area contributed by atoms with E-state index in [4.69, 9.17) is 0 Å². The Labute approximate surface area is 101 Å². The van der Waals surface area contributed by atoms with Gasteiger partial charge in [-0.25, -0.2) is 9.97 Å². The van der Waals surface area contributed by atoms with E-state index in [-0.39, 0.29) is 0 Å². The van der Waals surface area contributed by atoms with Crippen LogP contribution < -0.4 is 4.90 Å². The van der Waals surface area contributed by atoms with Gasteiger partial charge in [0.25, 0.3) is 0 Å². The van der Waals surface area contributed by atoms with Gasteiger partial charge in [0.15, 0.2) is 0 Å². The first-order valence-corrected chi connectivity index (χ1v) is 5.98. The maximum Gasteiger partial charge on any atom is 0.225 e. The van der Waals surface area contributed by atoms with E-state index in [1.165, 1.54) is 0 Å². The van der Waals surface area contributed by atoms with E-state index in [2.05, 4.69) is 26.8 Å². The van der Waals surface area contributed by atoms with Crippen LogP contribution in [0, 0.1) is 0 Å². The largest absolute Gasteiger partial charge is 0.338 e. The minimum Gasteiger partial charge on any atom is -0.338 e. The molecule has 4 nitrogen and oxygen atoms in total. The number of piperazine rings is 1. The molecule has 0 N–H and O–H groups in total. The first-order chi connectivity index (χ1) is 8.33. The minimum absolute atomic E-state index is 0.858. The van der Waals surface area contributed by atoms with Gasteiger partial charge in [0.1, 0.15) is 0 Å². The first kappa shape index (κ1) is 10.5. The van der Waals surface area contributed by atoms with E-state index in [1.54, 1.807) is 0 Å². The second-order valence-corrected chi connectivity index (χ2v) is 4.52. The highest BCUT2D eigenvalue weighted by atomic mass is 15.3. The molecule has 2 heterocycles. The third-order valence-corrected chi connectivity index (χ3v) is 3.26. The lowest BCUT2D eigenvalue weighted by Crippen LogP contribution is -2.45. The van der Waals surface area contributed by atoms with Gasteiger partial charge in [-0.1, -0.05) is 18.2 Å². The van der Waals surface area contributed by atoms with Crippen LogP contribution in [0.25, 0.3) is 10.9 Å². The predicted molar refractivity (Wildman–Crippen MR) is 69.2 cm³/mol. The van der Waals surface area contributed by atoms with Crippen LogP contribution in [0.5, 0.6) is 0 Å². The Morgan fingerprint density at radius 1 is 1.06 bits per heavy atom. The van der Waals surface area contributed by atoms with E-state index in [9.17, 15) is 0 Å². The second-order valence-electron chi connectivity index (χ2n) is 4.52. The molecule has 1 aliphatic rings. The standard InChI is InChI=1S/C13H16N4/c1-16-6-8-17(9-7-16)13-14-10-11-4-2-3-5-12(11)15-13/h2-5,10H,6-9H2,1H3. The first-order valence-electron chi connectivity index (χ1n) is 5.98. The summed E-state index contributed by atoms with van der Waals surface area (Å²) < 4.78 is 0. The highest BCUT2D eigenvalue weighted by molar-refractivity contribution is 5.78. The van der Waals surface area contributed by atoms with Crippen molar-refractivity contribution in [2.24, 2.45) is 0 Å². The highest BCUT2D eigenvalue weighted by Crippen LogP contribution is 2.15. The van der Waals surface area contributed by atoms with Gasteiger partial charge in [-0.2, -0.15) is 0 Å². The van der Waals surface area contributed by atoms with Crippen LogP contribution in [0.1, 0.15) is 0 Å². The van der Waals surface area contributed by atoms with Gasteiger partial charge in [0, 0.05) is 37.8 Å². The Morgan fingerprint density at radius 2 is 1.82 bits per heavy atom. The number of aromatic nitrogens is 2. The molecule has 0 bridgehead atoms. The lowest BCUT2D eigenvalue weighted by molar-refractivity contribution is 0.311. The fourth-order valence-electron chi connectivity index (χ4n) is 2.12. The van der Waals surface area contributed by atoms with Gasteiger partial charge in [0.2, 0.25) is 5.95 Å². The van der Waals surface area contributed by atoms with Crippen LogP contribution in [0.2, 0.25) is 0 Å². The average molecular weight is 228 g/mol. The number of hydrogen-bond acceptors (Lipinski definition) is 4. The summed E-state index contributed by atoms with van der Waals surface area (Å²) in [4.78, 5) is 13.7. The fraction of sp³-hybridized carbons (Fsp3) is 0.385. The van der Waals surface area contributed by atoms with Crippen LogP contribution in [0.4, 0.5) is 5.95 Å². The molecule has 88 valence electrons. The Balaban J connectivity index is 1.90. The minimum atomic E-state index is 0.858. The molecule has 0 saturated carbocycles. The molecule has 0 radical (unpaired) electrons. The second kappa shape index (κ2) is 4.30. The number of likely N-dealkylation sites (N-methyl/N-ethyl adjacent to an activating group) is 1. The molecule has 0 amide bonds. The van der Waals surface area contributed by atoms with Gasteiger partial charge in [0.05, 0.1) is 5.52 Å². The summed E-state index contributed by atoms with van der Waals surface area (Å²) in [5.41, 5.74) is 1.02. The highest BCUT2D eigenvalue weighted by Gasteiger charge is 2.16. The Hall–Kier alpha value is -1.68. The van der Waals surface area contributed by atoms with Gasteiger partial charge in [-0.05, 0) is 13.1 Å². The van der Waals surface area contributed by atoms with E-state index >= 15 is 0 Å². The summed E-state index contributed by atoms with van der Waals surface area (Å²) in [7, 11) is 2.15. The van der Waals surface area contributed by atoms with E-state index in [0.717, 1.165) is 43.0 Å². The van der Waals surface area contributed by atoms with Crippen molar-refractivity contribution in [2.75, 3.05) is 38.1 Å². The number of benzene rings is 1. The maximum atomic E-state index is 4.62. The number of hydrogen-bond donors (Lipinski definition) is 0. The molecule has 0 atom stereocenters. The quantitative estimate of drug-likeness (QED) is 0.738. The number of para-hydroxylation sites is 1. The molecule has 0 aliphatic carbocycles. The molecule has 1 aliphatic heterocycles. The third kappa shape index (κ3) is 2.08. The van der Waals surface area contributed by atoms with Crippen molar-refractivity contribution in [1.82, 2.24) is 14.9 Å². The maximum absolute atomic E-state index is 4.62. The Bertz CT molecular complexity index is 518. The number of rotatable bonds is 1. The van der Waals surface area contributed by atoms with Crippen molar-refractivity contribution in [1.29, 1.82) is 0 Å². The summed E-state index contributed by atoms with van der Waals surface area (Å²) in [6, 6.07) is 8.12. The van der Waals surface area contributed by atoms with Crippen LogP contribution in [-0.2, 0) is 0 Å². The predicted octanol–water partition coefficient (Wildman–Crippen LogP) is 1.38. The summed E-state index contributed by atoms with van der Waals surface area (Å²) >= 11 is 0. The lowest BCUT2D eigenvalue weighted by Gasteiger charge is -2.32. The summed E-state index contributed by atoms with van der Waals surface area (Å²) in [5.74, 6) is 0.858. The molecule has 4 heteroatoms. The van der Waals surface area contributed by atoms with Crippen molar-refractivity contribution < 1.29 is 0 Å². The molecule has 1 saturated heterocycles. The van der Waals surface area contributed by atoms with Crippen LogP contribution in [-0.4, -0.2) is 48.1 Å². The Kier molecular flexibility index (Phi) is 2.65. The summed E-state index contributed by atoms with van der Waals surface area (Å²) in [5, 5.41) is 1.10. The van der Waals surface area contributed by atoms with Gasteiger partial charge in [-0.15, -0.1) is 0 Å². The normalized spacial score (nSPS) is 17.6. The van der Waals surface area contributed by atoms with E-state index in [1.807, 2.05) is 30.5 Å². The zero-order valence-corrected chi connectivity index (χ0v) is 10.0. The number of anilines is 1. The molecular weight excluding hydrogens is 212 g/mol. The van der Waals surface area contributed by atoms with Gasteiger partial charge < -0.3 is 9.80 Å². The number of nitrogens with zero attached hydrogens (tertiary/aromatic N) is 4. The molecule has 0 unspecified atom stereocenters. The van der Waals surface area contributed by atoms with Crippen LogP contribution in [0.3, 0.4) is 0 Å². The molecule has 2 aromatic rings.